The average molecular weight is 458 g/mol. The van der Waals surface area contributed by atoms with Gasteiger partial charge in [-0.05, 0) is 57.8 Å². The first-order chi connectivity index (χ1) is 15.0. The number of carbonyl (C=O) groups excluding carboxylic acids is 2. The van der Waals surface area contributed by atoms with Gasteiger partial charge in [0.05, 0.1) is 24.9 Å². The van der Waals surface area contributed by atoms with E-state index in [2.05, 4.69) is 0 Å². The highest BCUT2D eigenvalue weighted by Gasteiger charge is 2.28. The van der Waals surface area contributed by atoms with E-state index in [1.165, 1.54) is 6.08 Å². The molecule has 4 N–H and O–H groups in total. The number of carboxylic acids is 1. The Hall–Kier alpha value is -1.74. The molecule has 0 fully saturated rings. The summed E-state index contributed by atoms with van der Waals surface area (Å²) < 4.78 is 5.09. The number of aliphatic carboxylic acids is 1. The van der Waals surface area contributed by atoms with Gasteiger partial charge in [0.2, 0.25) is 0 Å². The average Bonchev–Trinajstić information content (AvgIpc) is 2.70. The molecule has 0 aliphatic rings. The van der Waals surface area contributed by atoms with Crippen molar-refractivity contribution in [3.05, 3.63) is 23.8 Å². The molecule has 0 heterocycles. The molecule has 0 rings (SSSR count). The molecule has 0 radical (unpaired) electrons. The van der Waals surface area contributed by atoms with Crippen molar-refractivity contribution in [1.29, 1.82) is 0 Å². The Balaban J connectivity index is 4.33. The highest BCUT2D eigenvalue weighted by atomic mass is 16.5. The van der Waals surface area contributed by atoms with Crippen molar-refractivity contribution in [2.45, 2.75) is 97.1 Å². The lowest BCUT2D eigenvalue weighted by Gasteiger charge is -2.27. The number of aliphatic hydroxyl groups is 4. The molecule has 0 saturated heterocycles. The van der Waals surface area contributed by atoms with E-state index in [0.717, 1.165) is 12.8 Å². The zero-order valence-electron chi connectivity index (χ0n) is 19.8. The summed E-state index contributed by atoms with van der Waals surface area (Å²) >= 11 is 0. The summed E-state index contributed by atoms with van der Waals surface area (Å²) in [7, 11) is 0. The number of esters is 1. The van der Waals surface area contributed by atoms with E-state index in [4.69, 9.17) is 4.74 Å². The molecule has 8 nitrogen and oxygen atoms in total. The van der Waals surface area contributed by atoms with Crippen molar-refractivity contribution in [3.8, 4) is 0 Å². The molecule has 0 saturated carbocycles. The third kappa shape index (κ3) is 14.3. The molecule has 0 aromatic rings. The van der Waals surface area contributed by atoms with Crippen LogP contribution >= 0.6 is 0 Å². The first kappa shape index (κ1) is 30.3. The second-order valence-corrected chi connectivity index (χ2v) is 8.69. The fourth-order valence-electron chi connectivity index (χ4n) is 3.02. The second-order valence-electron chi connectivity index (χ2n) is 8.69. The number of hydrogen-bond donors (Lipinski definition) is 4. The van der Waals surface area contributed by atoms with Crippen LogP contribution in [0.5, 0.6) is 0 Å². The van der Waals surface area contributed by atoms with Gasteiger partial charge >= 0.3 is 5.97 Å². The summed E-state index contributed by atoms with van der Waals surface area (Å²) in [4.78, 5) is 22.2. The Morgan fingerprint density at radius 1 is 0.969 bits per heavy atom. The first-order valence-electron chi connectivity index (χ1n) is 11.4. The van der Waals surface area contributed by atoms with Crippen LogP contribution in [0, 0.1) is 11.8 Å². The molecule has 0 spiro atoms. The molecule has 0 bridgehead atoms. The van der Waals surface area contributed by atoms with Crippen LogP contribution in [0.4, 0.5) is 0 Å². The van der Waals surface area contributed by atoms with Crippen molar-refractivity contribution in [1.82, 2.24) is 0 Å². The Bertz CT molecular complexity index is 599. The van der Waals surface area contributed by atoms with E-state index < -0.39 is 36.4 Å². The van der Waals surface area contributed by atoms with Crippen molar-refractivity contribution in [3.63, 3.8) is 0 Å². The van der Waals surface area contributed by atoms with Gasteiger partial charge in [-0.15, -0.1) is 0 Å². The van der Waals surface area contributed by atoms with Crippen molar-refractivity contribution >= 4 is 11.9 Å². The van der Waals surface area contributed by atoms with Crippen LogP contribution in [-0.4, -0.2) is 63.4 Å². The van der Waals surface area contributed by atoms with Gasteiger partial charge in [-0.2, -0.15) is 0 Å². The van der Waals surface area contributed by atoms with Gasteiger partial charge in [0.1, 0.15) is 6.10 Å². The van der Waals surface area contributed by atoms with E-state index in [1.807, 2.05) is 19.1 Å². The lowest BCUT2D eigenvalue weighted by molar-refractivity contribution is -0.305. The second kappa shape index (κ2) is 16.8. The fraction of sp³-hybridized carbons (Fsp3) is 0.750. The maximum absolute atomic E-state index is 11.8. The number of ether oxygens (including phenoxy) is 1. The van der Waals surface area contributed by atoms with Crippen molar-refractivity contribution in [2.24, 2.45) is 11.8 Å². The summed E-state index contributed by atoms with van der Waals surface area (Å²) in [6, 6.07) is 0. The Kier molecular flexibility index (Phi) is 15.9. The lowest BCUT2D eigenvalue weighted by Crippen LogP contribution is -2.41. The molecule has 0 aromatic heterocycles. The minimum atomic E-state index is -1.37. The van der Waals surface area contributed by atoms with Gasteiger partial charge in [0.25, 0.3) is 0 Å². The van der Waals surface area contributed by atoms with Gasteiger partial charge in [0.15, 0.2) is 0 Å². The molecule has 0 amide bonds. The zero-order valence-corrected chi connectivity index (χ0v) is 19.8. The Labute approximate surface area is 191 Å². The molecular weight excluding hydrogens is 416 g/mol. The Morgan fingerprint density at radius 3 is 2.19 bits per heavy atom. The molecule has 8 heteroatoms. The van der Waals surface area contributed by atoms with Crippen molar-refractivity contribution in [2.75, 3.05) is 6.61 Å². The summed E-state index contributed by atoms with van der Waals surface area (Å²) in [6.07, 6.45) is 3.89. The van der Waals surface area contributed by atoms with Gasteiger partial charge < -0.3 is 35.1 Å². The monoisotopic (exact) mass is 457 g/mol. The predicted octanol–water partition coefficient (Wildman–Crippen LogP) is 1.25. The van der Waals surface area contributed by atoms with Crippen LogP contribution in [0.1, 0.15) is 72.6 Å². The van der Waals surface area contributed by atoms with Crippen LogP contribution in [-0.2, 0) is 14.3 Å². The van der Waals surface area contributed by atoms with E-state index in [0.29, 0.717) is 24.8 Å². The smallest absolute Gasteiger partial charge is 0.330 e. The van der Waals surface area contributed by atoms with Crippen LogP contribution in [0.2, 0.25) is 0 Å². The number of unbranched alkanes of at least 4 members (excludes halogenated alkanes) is 3. The molecule has 6 atom stereocenters. The van der Waals surface area contributed by atoms with E-state index in [1.54, 1.807) is 20.8 Å². The largest absolute Gasteiger partial charge is 0.550 e. The molecule has 186 valence electrons. The molecule has 0 aromatic carbocycles. The fourth-order valence-corrected chi connectivity index (χ4v) is 3.02. The minimum Gasteiger partial charge on any atom is -0.550 e. The number of hydrogen-bond acceptors (Lipinski definition) is 8. The third-order valence-corrected chi connectivity index (χ3v) is 5.45. The molecule has 0 unspecified atom stereocenters. The number of carbonyl (C=O) groups is 2. The van der Waals surface area contributed by atoms with Gasteiger partial charge in [-0.1, -0.05) is 44.4 Å². The van der Waals surface area contributed by atoms with Gasteiger partial charge in [0, 0.05) is 12.0 Å². The Morgan fingerprint density at radius 2 is 1.59 bits per heavy atom. The van der Waals surface area contributed by atoms with Crippen LogP contribution in [0.25, 0.3) is 0 Å². The maximum atomic E-state index is 11.8. The first-order valence-corrected chi connectivity index (χ1v) is 11.4. The molecule has 0 aliphatic carbocycles. The SMILES string of the molecule is C/C(=C\C(=O)OCCCCCCC(=O)[O-])C[C@H](O)[C@H](O)[C@H](O)[C@H](C)C/C=C/[C@@H](C)[C@H](C)O. The number of aliphatic hydroxyl groups excluding tert-OH is 4. The number of allylic oxidation sites excluding steroid dienone is 1. The van der Waals surface area contributed by atoms with E-state index >= 15 is 0 Å². The molecular formula is C24H41O8-. The van der Waals surface area contributed by atoms with Crippen molar-refractivity contribution < 1.29 is 39.9 Å². The normalized spacial score (nSPS) is 18.1. The van der Waals surface area contributed by atoms with Gasteiger partial charge in [-0.25, -0.2) is 4.79 Å². The number of rotatable bonds is 17. The standard InChI is InChI=1S/C24H42O8/c1-16(15-22(29)32-13-8-6-5-7-12-21(27)28)14-20(26)24(31)23(30)18(3)11-9-10-17(2)19(4)25/h9-10,15,17-20,23-26,30-31H,5-8,11-14H2,1-4H3,(H,27,28)/p-1/b10-9+,16-15+/t17-,18-,19+,20+,23-,24+/m1/s1. The quantitative estimate of drug-likeness (QED) is 0.110. The number of carboxylic acid groups (broad SMARTS) is 1. The van der Waals surface area contributed by atoms with Crippen LogP contribution in [0.3, 0.4) is 0 Å². The van der Waals surface area contributed by atoms with Gasteiger partial charge in [-0.3, -0.25) is 0 Å². The molecule has 0 aliphatic heterocycles. The summed E-state index contributed by atoms with van der Waals surface area (Å²) in [6.45, 7) is 7.18. The zero-order chi connectivity index (χ0) is 24.7. The lowest BCUT2D eigenvalue weighted by atomic mass is 9.91. The molecule has 32 heavy (non-hydrogen) atoms. The minimum absolute atomic E-state index is 0.0121. The highest BCUT2D eigenvalue weighted by Crippen LogP contribution is 2.19. The summed E-state index contributed by atoms with van der Waals surface area (Å²) in [5.74, 6) is -1.94. The summed E-state index contributed by atoms with van der Waals surface area (Å²) in [5.41, 5.74) is 0.515. The van der Waals surface area contributed by atoms with Crippen LogP contribution < -0.4 is 5.11 Å². The predicted molar refractivity (Wildman–Crippen MR) is 119 cm³/mol. The van der Waals surface area contributed by atoms with Crippen LogP contribution in [0.15, 0.2) is 23.8 Å². The van der Waals surface area contributed by atoms with E-state index in [9.17, 15) is 35.1 Å². The summed E-state index contributed by atoms with van der Waals surface area (Å²) in [5, 5.41) is 50.6. The maximum Gasteiger partial charge on any atom is 0.330 e. The topological polar surface area (TPSA) is 147 Å². The third-order valence-electron chi connectivity index (χ3n) is 5.45. The van der Waals surface area contributed by atoms with E-state index in [-0.39, 0.29) is 31.3 Å². The highest BCUT2D eigenvalue weighted by molar-refractivity contribution is 5.82.